The third kappa shape index (κ3) is 4.62. The Hall–Kier alpha value is -2.37. The third-order valence-corrected chi connectivity index (χ3v) is 4.87. The van der Waals surface area contributed by atoms with Crippen LogP contribution in [0.25, 0.3) is 0 Å². The Kier molecular flexibility index (Phi) is 6.77. The number of nitrogens with zero attached hydrogens (tertiary/aromatic N) is 1. The highest BCUT2D eigenvalue weighted by Crippen LogP contribution is 2.34. The zero-order chi connectivity index (χ0) is 19.3. The van der Waals surface area contributed by atoms with Gasteiger partial charge in [0.2, 0.25) is 5.91 Å². The number of carboxylic acid groups (broad SMARTS) is 1. The van der Waals surface area contributed by atoms with Crippen molar-refractivity contribution in [3.63, 3.8) is 0 Å². The van der Waals surface area contributed by atoms with Gasteiger partial charge in [0, 0.05) is 5.92 Å². The molecule has 1 aliphatic rings. The zero-order valence-corrected chi connectivity index (χ0v) is 15.6. The Balaban J connectivity index is 2.18. The number of cyclic esters (lactones) is 1. The van der Waals surface area contributed by atoms with Gasteiger partial charge in [-0.05, 0) is 24.8 Å². The van der Waals surface area contributed by atoms with E-state index in [9.17, 15) is 19.5 Å². The lowest BCUT2D eigenvalue weighted by atomic mass is 9.89. The summed E-state index contributed by atoms with van der Waals surface area (Å²) in [6.45, 7) is 5.81. The average molecular weight is 361 g/mol. The smallest absolute Gasteiger partial charge is 0.417 e. The minimum Gasteiger partial charge on any atom is -0.481 e. The molecule has 1 aromatic carbocycles. The van der Waals surface area contributed by atoms with Crippen molar-refractivity contribution in [3.05, 3.63) is 35.9 Å². The summed E-state index contributed by atoms with van der Waals surface area (Å²) in [6.07, 6.45) is 0.815. The maximum atomic E-state index is 13.0. The second-order valence-corrected chi connectivity index (χ2v) is 7.09. The number of imide groups is 1. The maximum absolute atomic E-state index is 13.0. The first kappa shape index (κ1) is 19.9. The van der Waals surface area contributed by atoms with Gasteiger partial charge in [0.1, 0.15) is 6.10 Å². The molecule has 1 saturated heterocycles. The van der Waals surface area contributed by atoms with E-state index in [0.29, 0.717) is 6.42 Å². The molecule has 0 unspecified atom stereocenters. The molecule has 0 aromatic heterocycles. The molecule has 6 heteroatoms. The Morgan fingerprint density at radius 2 is 1.92 bits per heavy atom. The molecular formula is C20H27NO5. The summed E-state index contributed by atoms with van der Waals surface area (Å²) < 4.78 is 5.42. The fourth-order valence-corrected chi connectivity index (χ4v) is 3.62. The lowest BCUT2D eigenvalue weighted by molar-refractivity contribution is -0.144. The number of ether oxygens (including phenoxy) is 1. The van der Waals surface area contributed by atoms with Gasteiger partial charge in [0.05, 0.1) is 12.5 Å². The van der Waals surface area contributed by atoms with Crippen molar-refractivity contribution in [3.8, 4) is 0 Å². The molecule has 2 rings (SSSR count). The summed E-state index contributed by atoms with van der Waals surface area (Å²) in [4.78, 5) is 37.7. The summed E-state index contributed by atoms with van der Waals surface area (Å²) in [5.74, 6) is -2.00. The fraction of sp³-hybridized carbons (Fsp3) is 0.550. The highest BCUT2D eigenvalue weighted by molar-refractivity contribution is 5.96. The lowest BCUT2D eigenvalue weighted by Gasteiger charge is -2.25. The van der Waals surface area contributed by atoms with Crippen LogP contribution < -0.4 is 0 Å². The first-order valence-corrected chi connectivity index (χ1v) is 9.15. The van der Waals surface area contributed by atoms with E-state index in [4.69, 9.17) is 4.74 Å². The molecule has 2 amide bonds. The van der Waals surface area contributed by atoms with E-state index in [1.807, 2.05) is 37.3 Å². The van der Waals surface area contributed by atoms with Gasteiger partial charge < -0.3 is 9.84 Å². The largest absolute Gasteiger partial charge is 0.481 e. The van der Waals surface area contributed by atoms with Crippen molar-refractivity contribution in [2.75, 3.05) is 0 Å². The van der Waals surface area contributed by atoms with Crippen LogP contribution in [0.5, 0.6) is 0 Å². The Morgan fingerprint density at radius 1 is 1.27 bits per heavy atom. The van der Waals surface area contributed by atoms with E-state index in [1.54, 1.807) is 6.92 Å². The first-order valence-electron chi connectivity index (χ1n) is 9.15. The first-order chi connectivity index (χ1) is 12.3. The van der Waals surface area contributed by atoms with Gasteiger partial charge >= 0.3 is 12.1 Å². The van der Waals surface area contributed by atoms with Crippen LogP contribution in [0.3, 0.4) is 0 Å². The quantitative estimate of drug-likeness (QED) is 0.756. The molecule has 0 saturated carbocycles. The normalized spacial score (nSPS) is 22.0. The minimum atomic E-state index is -1.04. The number of benzene rings is 1. The van der Waals surface area contributed by atoms with Gasteiger partial charge in [-0.25, -0.2) is 9.69 Å². The van der Waals surface area contributed by atoms with Crippen LogP contribution in [0.1, 0.15) is 58.1 Å². The van der Waals surface area contributed by atoms with E-state index in [-0.39, 0.29) is 12.3 Å². The molecule has 1 N–H and O–H groups in total. The number of carboxylic acids is 1. The van der Waals surface area contributed by atoms with E-state index in [0.717, 1.165) is 23.3 Å². The van der Waals surface area contributed by atoms with Crippen LogP contribution in [0, 0.1) is 11.8 Å². The Labute approximate surface area is 154 Å². The number of rotatable bonds is 8. The highest BCUT2D eigenvalue weighted by atomic mass is 16.6. The average Bonchev–Trinajstić information content (AvgIpc) is 2.89. The van der Waals surface area contributed by atoms with Crippen molar-refractivity contribution in [1.29, 1.82) is 0 Å². The van der Waals surface area contributed by atoms with Crippen LogP contribution in [0.15, 0.2) is 30.3 Å². The van der Waals surface area contributed by atoms with Crippen molar-refractivity contribution < 1.29 is 24.2 Å². The predicted octanol–water partition coefficient (Wildman–Crippen LogP) is 4.01. The van der Waals surface area contributed by atoms with Crippen LogP contribution in [0.2, 0.25) is 0 Å². The van der Waals surface area contributed by atoms with Gasteiger partial charge in [-0.1, -0.05) is 57.0 Å². The van der Waals surface area contributed by atoms with Gasteiger partial charge in [0.15, 0.2) is 0 Å². The Bertz CT molecular complexity index is 645. The molecule has 1 aliphatic heterocycles. The molecule has 0 radical (unpaired) electrons. The second-order valence-electron chi connectivity index (χ2n) is 7.09. The minimum absolute atomic E-state index is 0.215. The van der Waals surface area contributed by atoms with E-state index in [2.05, 4.69) is 6.92 Å². The van der Waals surface area contributed by atoms with Crippen molar-refractivity contribution in [1.82, 2.24) is 4.90 Å². The molecule has 1 aromatic rings. The maximum Gasteiger partial charge on any atom is 0.417 e. The zero-order valence-electron chi connectivity index (χ0n) is 15.6. The Morgan fingerprint density at radius 3 is 2.50 bits per heavy atom. The molecule has 26 heavy (non-hydrogen) atoms. The van der Waals surface area contributed by atoms with Gasteiger partial charge in [-0.3, -0.25) is 9.59 Å². The monoisotopic (exact) mass is 361 g/mol. The summed E-state index contributed by atoms with van der Waals surface area (Å²) in [7, 11) is 0. The second kappa shape index (κ2) is 8.83. The SMILES string of the molecule is CCC[C@H](C)C[C@@H](CC(=O)O)C(=O)N1C(=O)O[C@@H](c2ccccc2)[C@H]1C. The molecule has 0 aliphatic carbocycles. The molecule has 1 fully saturated rings. The van der Waals surface area contributed by atoms with Gasteiger partial charge in [0.25, 0.3) is 0 Å². The standard InChI is InChI=1S/C20H27NO5/c1-4-8-13(2)11-16(12-17(22)23)19(24)21-14(3)18(26-20(21)25)15-9-6-5-7-10-15/h5-7,9-10,13-14,16,18H,4,8,11-12H2,1-3H3,(H,22,23)/t13-,14+,16-,18+/m0/s1. The molecule has 0 bridgehead atoms. The summed E-state index contributed by atoms with van der Waals surface area (Å²) in [6, 6.07) is 8.78. The molecule has 6 nitrogen and oxygen atoms in total. The van der Waals surface area contributed by atoms with Crippen LogP contribution in [-0.2, 0) is 14.3 Å². The van der Waals surface area contributed by atoms with Crippen LogP contribution >= 0.6 is 0 Å². The topological polar surface area (TPSA) is 83.9 Å². The summed E-state index contributed by atoms with van der Waals surface area (Å²) >= 11 is 0. The van der Waals surface area contributed by atoms with E-state index < -0.39 is 36.0 Å². The van der Waals surface area contributed by atoms with Crippen molar-refractivity contribution in [2.45, 2.75) is 58.6 Å². The van der Waals surface area contributed by atoms with Crippen molar-refractivity contribution >= 4 is 18.0 Å². The van der Waals surface area contributed by atoms with Crippen LogP contribution in [-0.4, -0.2) is 34.0 Å². The number of hydrogen-bond acceptors (Lipinski definition) is 4. The number of carbonyl (C=O) groups is 3. The predicted molar refractivity (Wildman–Crippen MR) is 96.4 cm³/mol. The fourth-order valence-electron chi connectivity index (χ4n) is 3.62. The number of aliphatic carboxylic acids is 1. The molecule has 1 heterocycles. The van der Waals surface area contributed by atoms with Crippen LogP contribution in [0.4, 0.5) is 4.79 Å². The summed E-state index contributed by atoms with van der Waals surface area (Å²) in [5, 5.41) is 9.19. The lowest BCUT2D eigenvalue weighted by Crippen LogP contribution is -2.42. The number of amides is 2. The number of carbonyl (C=O) groups excluding carboxylic acids is 2. The molecule has 0 spiro atoms. The van der Waals surface area contributed by atoms with Gasteiger partial charge in [-0.2, -0.15) is 0 Å². The molecule has 4 atom stereocenters. The van der Waals surface area contributed by atoms with E-state index in [1.165, 1.54) is 0 Å². The van der Waals surface area contributed by atoms with Crippen molar-refractivity contribution in [2.24, 2.45) is 11.8 Å². The molecule has 142 valence electrons. The molecular weight excluding hydrogens is 334 g/mol. The van der Waals surface area contributed by atoms with Gasteiger partial charge in [-0.15, -0.1) is 0 Å². The number of hydrogen-bond donors (Lipinski definition) is 1. The van der Waals surface area contributed by atoms with E-state index >= 15 is 0 Å². The highest BCUT2D eigenvalue weighted by Gasteiger charge is 2.45. The summed E-state index contributed by atoms with van der Waals surface area (Å²) in [5.41, 5.74) is 0.817. The third-order valence-electron chi connectivity index (χ3n) is 4.87.